The van der Waals surface area contributed by atoms with Gasteiger partial charge in [-0.3, -0.25) is 9.48 Å². The Labute approximate surface area is 192 Å². The van der Waals surface area contributed by atoms with Crippen molar-refractivity contribution in [1.29, 1.82) is 0 Å². The van der Waals surface area contributed by atoms with E-state index in [9.17, 15) is 4.79 Å². The number of halogens is 1. The van der Waals surface area contributed by atoms with Gasteiger partial charge in [-0.2, -0.15) is 5.10 Å². The maximum atomic E-state index is 12.3. The first-order chi connectivity index (χ1) is 15.5. The first-order valence-corrected chi connectivity index (χ1v) is 11.0. The highest BCUT2D eigenvalue weighted by Gasteiger charge is 2.33. The lowest BCUT2D eigenvalue weighted by atomic mass is 10.1. The maximum absolute atomic E-state index is 12.3. The van der Waals surface area contributed by atoms with Crippen LogP contribution in [-0.2, 0) is 11.8 Å². The predicted octanol–water partition coefficient (Wildman–Crippen LogP) is 3.13. The number of anilines is 2. The molecule has 0 unspecified atom stereocenters. The number of carbonyl (C=O) groups is 1. The Morgan fingerprint density at radius 1 is 1.12 bits per heavy atom. The summed E-state index contributed by atoms with van der Waals surface area (Å²) in [5.41, 5.74) is 2.59. The van der Waals surface area contributed by atoms with Crippen LogP contribution in [0.1, 0.15) is 17.3 Å². The lowest BCUT2D eigenvalue weighted by Crippen LogP contribution is -2.21. The highest BCUT2D eigenvalue weighted by Crippen LogP contribution is 2.33. The van der Waals surface area contributed by atoms with Crippen LogP contribution in [0.2, 0.25) is 5.15 Å². The first kappa shape index (κ1) is 20.5. The van der Waals surface area contributed by atoms with Gasteiger partial charge in [0.1, 0.15) is 15.9 Å². The quantitative estimate of drug-likeness (QED) is 0.476. The summed E-state index contributed by atoms with van der Waals surface area (Å²) in [5.74, 6) is 0.250. The number of nitrogens with one attached hydrogen (secondary N) is 1. The highest BCUT2D eigenvalue weighted by atomic mass is 35.5. The van der Waals surface area contributed by atoms with Crippen LogP contribution in [0, 0.1) is 0 Å². The number of nitrogens with zero attached hydrogens (tertiary/aromatic N) is 8. The Kier molecular flexibility index (Phi) is 5.27. The molecular weight excluding hydrogens is 450 g/mol. The van der Waals surface area contributed by atoms with Crippen molar-refractivity contribution >= 4 is 40.5 Å². The summed E-state index contributed by atoms with van der Waals surface area (Å²) in [6.07, 6.45) is 4.01. The predicted molar refractivity (Wildman–Crippen MR) is 121 cm³/mol. The molecule has 5 heterocycles. The van der Waals surface area contributed by atoms with Gasteiger partial charge in [-0.25, -0.2) is 15.0 Å². The third-order valence-corrected chi connectivity index (χ3v) is 6.67. The lowest BCUT2D eigenvalue weighted by Gasteiger charge is -2.07. The molecule has 0 spiro atoms. The fraction of sp³-hybridized carbons (Fsp3) is 0.250. The third-order valence-electron chi connectivity index (χ3n) is 5.17. The average Bonchev–Trinajstić information content (AvgIpc) is 3.51. The summed E-state index contributed by atoms with van der Waals surface area (Å²) in [6, 6.07) is 7.40. The molecule has 4 aromatic heterocycles. The summed E-state index contributed by atoms with van der Waals surface area (Å²) in [4.78, 5) is 27.5. The van der Waals surface area contributed by atoms with Gasteiger partial charge in [0.2, 0.25) is 11.9 Å². The summed E-state index contributed by atoms with van der Waals surface area (Å²) in [5, 5.41) is 17.5. The monoisotopic (exact) mass is 467 g/mol. The molecule has 12 heteroatoms. The highest BCUT2D eigenvalue weighted by molar-refractivity contribution is 7.14. The number of rotatable bonds is 5. The largest absolute Gasteiger partial charge is 0.345 e. The molecule has 1 fully saturated rings. The minimum Gasteiger partial charge on any atom is -0.345 e. The minimum atomic E-state index is -0.218. The molecule has 0 bridgehead atoms. The van der Waals surface area contributed by atoms with Crippen molar-refractivity contribution in [3.05, 3.63) is 46.8 Å². The van der Waals surface area contributed by atoms with Crippen molar-refractivity contribution in [3.63, 3.8) is 0 Å². The number of carbonyl (C=O) groups excluding carboxylic acids is 1. The molecule has 0 aliphatic carbocycles. The summed E-state index contributed by atoms with van der Waals surface area (Å²) < 4.78 is 1.55. The molecule has 1 aliphatic heterocycles. The number of pyridine rings is 1. The number of amides is 1. The normalized spacial score (nSPS) is 16.0. The van der Waals surface area contributed by atoms with Crippen LogP contribution in [0.15, 0.2) is 36.7 Å². The van der Waals surface area contributed by atoms with Crippen LogP contribution in [-0.4, -0.2) is 59.3 Å². The van der Waals surface area contributed by atoms with Crippen LogP contribution in [0.25, 0.3) is 22.1 Å². The van der Waals surface area contributed by atoms with Crippen LogP contribution < -0.4 is 5.32 Å². The Morgan fingerprint density at radius 3 is 2.69 bits per heavy atom. The molecule has 0 radical (unpaired) electrons. The number of likely N-dealkylation sites (N-methyl/N-ethyl adjacent to an activating group) is 1. The van der Waals surface area contributed by atoms with E-state index in [0.29, 0.717) is 38.9 Å². The average molecular weight is 468 g/mol. The van der Waals surface area contributed by atoms with Crippen LogP contribution in [0.4, 0.5) is 11.6 Å². The van der Waals surface area contributed by atoms with E-state index in [1.165, 1.54) is 11.3 Å². The zero-order chi connectivity index (χ0) is 22.2. The van der Waals surface area contributed by atoms with Crippen molar-refractivity contribution in [2.45, 2.75) is 12.3 Å². The van der Waals surface area contributed by atoms with Crippen LogP contribution in [0.5, 0.6) is 0 Å². The summed E-state index contributed by atoms with van der Waals surface area (Å²) in [6.45, 7) is 0.737. The molecule has 32 heavy (non-hydrogen) atoms. The van der Waals surface area contributed by atoms with Gasteiger partial charge >= 0.3 is 0 Å². The van der Waals surface area contributed by atoms with Crippen molar-refractivity contribution in [1.82, 2.24) is 39.8 Å². The lowest BCUT2D eigenvalue weighted by molar-refractivity contribution is -0.127. The zero-order valence-corrected chi connectivity index (χ0v) is 18.8. The molecule has 162 valence electrons. The van der Waals surface area contributed by atoms with Gasteiger partial charge in [0.05, 0.1) is 29.2 Å². The van der Waals surface area contributed by atoms with Crippen LogP contribution >= 0.6 is 22.9 Å². The smallest absolute Gasteiger partial charge is 0.232 e. The van der Waals surface area contributed by atoms with Crippen molar-refractivity contribution < 1.29 is 4.79 Å². The molecule has 1 amide bonds. The minimum absolute atomic E-state index is 0.0872. The second-order valence-electron chi connectivity index (χ2n) is 7.32. The fourth-order valence-electron chi connectivity index (χ4n) is 3.42. The van der Waals surface area contributed by atoms with E-state index in [1.807, 2.05) is 25.2 Å². The molecule has 1 N–H and O–H groups in total. The topological polar surface area (TPSA) is 115 Å². The standard InChI is InChI=1S/C20H18ClN9OS/c1-29-9-7-11(19(29)31)17-27-28-18(32-17)14-5-3-4-12(24-14)13-6-8-22-20(25-13)26-15-10-23-30(2)16(15)21/h3-6,8,10-11H,7,9H2,1-2H3,(H,22,25,26)/t11-/m1/s1. The van der Waals surface area contributed by atoms with Gasteiger partial charge in [0, 0.05) is 26.8 Å². The third kappa shape index (κ3) is 3.80. The molecule has 1 aliphatic rings. The summed E-state index contributed by atoms with van der Waals surface area (Å²) in [7, 11) is 3.56. The van der Waals surface area contributed by atoms with Crippen molar-refractivity contribution in [2.24, 2.45) is 7.05 Å². The number of likely N-dealkylation sites (tertiary alicyclic amines) is 1. The molecule has 1 atom stereocenters. The molecule has 4 aromatic rings. The van der Waals surface area contributed by atoms with Crippen LogP contribution in [0.3, 0.4) is 0 Å². The Morgan fingerprint density at radius 2 is 1.94 bits per heavy atom. The van der Waals surface area contributed by atoms with Gasteiger partial charge in [0.25, 0.3) is 0 Å². The maximum Gasteiger partial charge on any atom is 0.232 e. The Bertz CT molecular complexity index is 1300. The molecule has 10 nitrogen and oxygen atoms in total. The Hall–Kier alpha value is -3.44. The van der Waals surface area contributed by atoms with Gasteiger partial charge in [-0.05, 0) is 24.6 Å². The number of hydrogen-bond acceptors (Lipinski definition) is 9. The first-order valence-electron chi connectivity index (χ1n) is 9.83. The second kappa shape index (κ2) is 8.24. The molecule has 5 rings (SSSR count). The van der Waals surface area contributed by atoms with E-state index in [-0.39, 0.29) is 11.8 Å². The Balaban J connectivity index is 1.40. The number of hydrogen-bond donors (Lipinski definition) is 1. The second-order valence-corrected chi connectivity index (χ2v) is 8.68. The SMILES string of the molecule is CN1CC[C@H](c2nnc(-c3cccc(-c4ccnc(Nc5cnn(C)c5Cl)n4)n3)s2)C1=O. The summed E-state index contributed by atoms with van der Waals surface area (Å²) >= 11 is 7.61. The van der Waals surface area contributed by atoms with E-state index in [1.54, 1.807) is 35.1 Å². The number of aromatic nitrogens is 7. The van der Waals surface area contributed by atoms with Gasteiger partial charge in [0.15, 0.2) is 5.01 Å². The van der Waals surface area contributed by atoms with Gasteiger partial charge in [-0.15, -0.1) is 10.2 Å². The van der Waals surface area contributed by atoms with Crippen molar-refractivity contribution in [3.8, 4) is 22.1 Å². The van der Waals surface area contributed by atoms with Crippen molar-refractivity contribution in [2.75, 3.05) is 18.9 Å². The van der Waals surface area contributed by atoms with E-state index >= 15 is 0 Å². The van der Waals surface area contributed by atoms with E-state index in [2.05, 4.69) is 30.6 Å². The van der Waals surface area contributed by atoms with E-state index in [0.717, 1.165) is 18.0 Å². The molecule has 1 saturated heterocycles. The van der Waals surface area contributed by atoms with E-state index in [4.69, 9.17) is 16.6 Å². The van der Waals surface area contributed by atoms with Gasteiger partial charge in [-0.1, -0.05) is 29.0 Å². The molecular formula is C20H18ClN9OS. The molecule has 0 saturated carbocycles. The zero-order valence-electron chi connectivity index (χ0n) is 17.2. The molecule has 0 aromatic carbocycles. The fourth-order valence-corrected chi connectivity index (χ4v) is 4.50. The number of aryl methyl sites for hydroxylation is 1. The van der Waals surface area contributed by atoms with Gasteiger partial charge < -0.3 is 10.2 Å². The van der Waals surface area contributed by atoms with E-state index < -0.39 is 0 Å².